The Balaban J connectivity index is 1.32. The molecule has 2 saturated heterocycles. The third-order valence-electron chi connectivity index (χ3n) is 5.91. The molecule has 1 amide bonds. The van der Waals surface area contributed by atoms with Crippen molar-refractivity contribution in [1.29, 1.82) is 0 Å². The average molecular weight is 429 g/mol. The minimum Gasteiger partial charge on any atom is -0.768 e. The quantitative estimate of drug-likeness (QED) is 0.654. The molecule has 2 aliphatic rings. The molecule has 0 saturated carbocycles. The number of piperazine rings is 1. The highest BCUT2D eigenvalue weighted by Crippen LogP contribution is 2.26. The van der Waals surface area contributed by atoms with Crippen molar-refractivity contribution in [2.24, 2.45) is 0 Å². The zero-order chi connectivity index (χ0) is 21.1. The summed E-state index contributed by atoms with van der Waals surface area (Å²) in [7, 11) is 1.68. The lowest BCUT2D eigenvalue weighted by Gasteiger charge is -2.37. The van der Waals surface area contributed by atoms with E-state index in [2.05, 4.69) is 21.9 Å². The lowest BCUT2D eigenvalue weighted by Crippen LogP contribution is -2.52. The molecule has 4 rings (SSSR count). The SMILES string of the molecule is COc1cccc(CN2CCN(C3CCN(c4ccc(S(=O)[O-])cc4)C3=O)CC2)c1. The first-order chi connectivity index (χ1) is 14.5. The third kappa shape index (κ3) is 4.57. The van der Waals surface area contributed by atoms with Gasteiger partial charge in [-0.3, -0.25) is 18.8 Å². The monoisotopic (exact) mass is 428 g/mol. The smallest absolute Gasteiger partial charge is 0.244 e. The van der Waals surface area contributed by atoms with Crippen LogP contribution in [0.3, 0.4) is 0 Å². The molecular weight excluding hydrogens is 402 g/mol. The molecule has 7 nitrogen and oxygen atoms in total. The van der Waals surface area contributed by atoms with Gasteiger partial charge in [0.15, 0.2) is 0 Å². The minimum atomic E-state index is -2.25. The minimum absolute atomic E-state index is 0.0997. The van der Waals surface area contributed by atoms with Gasteiger partial charge < -0.3 is 14.2 Å². The van der Waals surface area contributed by atoms with Crippen LogP contribution in [-0.4, -0.2) is 70.3 Å². The zero-order valence-electron chi connectivity index (χ0n) is 17.0. The molecule has 0 aromatic heterocycles. The van der Waals surface area contributed by atoms with Crippen LogP contribution >= 0.6 is 0 Å². The van der Waals surface area contributed by atoms with E-state index in [0.29, 0.717) is 6.54 Å². The highest BCUT2D eigenvalue weighted by molar-refractivity contribution is 7.79. The van der Waals surface area contributed by atoms with Crippen LogP contribution in [0.2, 0.25) is 0 Å². The van der Waals surface area contributed by atoms with Gasteiger partial charge >= 0.3 is 0 Å². The summed E-state index contributed by atoms with van der Waals surface area (Å²) < 4.78 is 27.4. The number of rotatable bonds is 6. The number of ether oxygens (including phenoxy) is 1. The van der Waals surface area contributed by atoms with E-state index in [1.54, 1.807) is 24.1 Å². The Morgan fingerprint density at radius 3 is 2.47 bits per heavy atom. The molecule has 30 heavy (non-hydrogen) atoms. The maximum atomic E-state index is 13.0. The Kier molecular flexibility index (Phi) is 6.48. The lowest BCUT2D eigenvalue weighted by atomic mass is 10.1. The largest absolute Gasteiger partial charge is 0.768 e. The Morgan fingerprint density at radius 1 is 1.07 bits per heavy atom. The Bertz CT molecular complexity index is 913. The van der Waals surface area contributed by atoms with E-state index in [1.165, 1.54) is 17.7 Å². The number of methoxy groups -OCH3 is 1. The van der Waals surface area contributed by atoms with E-state index in [-0.39, 0.29) is 16.8 Å². The second kappa shape index (κ2) is 9.26. The van der Waals surface area contributed by atoms with Crippen LogP contribution in [0.1, 0.15) is 12.0 Å². The van der Waals surface area contributed by atoms with Gasteiger partial charge in [-0.2, -0.15) is 0 Å². The van der Waals surface area contributed by atoms with Crippen LogP contribution < -0.4 is 9.64 Å². The van der Waals surface area contributed by atoms with Crippen LogP contribution in [0.25, 0.3) is 0 Å². The molecule has 8 heteroatoms. The predicted octanol–water partition coefficient (Wildman–Crippen LogP) is 1.86. The van der Waals surface area contributed by atoms with Gasteiger partial charge in [0.05, 0.1) is 13.2 Å². The maximum Gasteiger partial charge on any atom is 0.244 e. The Labute approximate surface area is 179 Å². The topological polar surface area (TPSA) is 76.2 Å². The number of carbonyl (C=O) groups excluding carboxylic acids is 1. The first-order valence-corrected chi connectivity index (χ1v) is 11.2. The van der Waals surface area contributed by atoms with E-state index in [0.717, 1.165) is 50.6 Å². The van der Waals surface area contributed by atoms with E-state index >= 15 is 0 Å². The standard InChI is InChI=1S/C22H27N3O4S/c1-29-19-4-2-3-17(15-19)16-23-11-13-24(14-12-23)21-9-10-25(22(21)26)18-5-7-20(8-6-18)30(27)28/h2-8,15,21H,9-14,16H2,1H3,(H,27,28)/p-1. The van der Waals surface area contributed by atoms with Crippen molar-refractivity contribution in [2.45, 2.75) is 23.9 Å². The molecule has 0 spiro atoms. The summed E-state index contributed by atoms with van der Waals surface area (Å²) >= 11 is -2.25. The summed E-state index contributed by atoms with van der Waals surface area (Å²) in [4.78, 5) is 19.7. The first-order valence-electron chi connectivity index (χ1n) is 10.1. The van der Waals surface area contributed by atoms with E-state index in [4.69, 9.17) is 4.74 Å². The molecule has 0 aliphatic carbocycles. The average Bonchev–Trinajstić information content (AvgIpc) is 3.16. The highest BCUT2D eigenvalue weighted by Gasteiger charge is 2.37. The number of carbonyl (C=O) groups is 1. The number of nitrogens with zero attached hydrogens (tertiary/aromatic N) is 3. The van der Waals surface area contributed by atoms with Gasteiger partial charge in [0, 0.05) is 49.9 Å². The molecular formula is C22H26N3O4S-. The normalized spacial score (nSPS) is 21.7. The van der Waals surface area contributed by atoms with Crippen molar-refractivity contribution in [3.05, 3.63) is 54.1 Å². The van der Waals surface area contributed by atoms with E-state index in [9.17, 15) is 13.6 Å². The van der Waals surface area contributed by atoms with Gasteiger partial charge in [-0.25, -0.2) is 0 Å². The number of hydrogen-bond donors (Lipinski definition) is 0. The number of anilines is 1. The number of amides is 1. The van der Waals surface area contributed by atoms with Crippen LogP contribution in [0.5, 0.6) is 5.75 Å². The van der Waals surface area contributed by atoms with Gasteiger partial charge in [-0.1, -0.05) is 12.1 Å². The second-order valence-electron chi connectivity index (χ2n) is 7.69. The predicted molar refractivity (Wildman–Crippen MR) is 114 cm³/mol. The highest BCUT2D eigenvalue weighted by atomic mass is 32.2. The van der Waals surface area contributed by atoms with Crippen molar-refractivity contribution in [1.82, 2.24) is 9.80 Å². The molecule has 2 aliphatic heterocycles. The van der Waals surface area contributed by atoms with Crippen molar-refractivity contribution in [2.75, 3.05) is 44.7 Å². The molecule has 0 N–H and O–H groups in total. The zero-order valence-corrected chi connectivity index (χ0v) is 17.8. The van der Waals surface area contributed by atoms with E-state index in [1.807, 2.05) is 12.1 Å². The summed E-state index contributed by atoms with van der Waals surface area (Å²) in [5.74, 6) is 0.976. The second-order valence-corrected chi connectivity index (χ2v) is 8.63. The molecule has 2 fully saturated rings. The summed E-state index contributed by atoms with van der Waals surface area (Å²) in [5.41, 5.74) is 1.99. The number of hydrogen-bond acceptors (Lipinski definition) is 6. The molecule has 2 atom stereocenters. The van der Waals surface area contributed by atoms with Gasteiger partial charge in [0.25, 0.3) is 0 Å². The molecule has 0 radical (unpaired) electrons. The van der Waals surface area contributed by atoms with Crippen LogP contribution in [0, 0.1) is 0 Å². The Hall–Kier alpha value is -2.26. The van der Waals surface area contributed by atoms with E-state index < -0.39 is 11.1 Å². The number of benzene rings is 2. The Morgan fingerprint density at radius 2 is 1.80 bits per heavy atom. The van der Waals surface area contributed by atoms with Crippen molar-refractivity contribution < 1.29 is 18.3 Å². The van der Waals surface area contributed by atoms with Crippen LogP contribution in [-0.2, 0) is 22.4 Å². The molecule has 2 aromatic rings. The molecule has 160 valence electrons. The molecule has 0 bridgehead atoms. The van der Waals surface area contributed by atoms with Gasteiger partial charge in [0.2, 0.25) is 5.91 Å². The molecule has 2 heterocycles. The summed E-state index contributed by atoms with van der Waals surface area (Å²) in [6, 6.07) is 14.5. The fraction of sp³-hybridized carbons (Fsp3) is 0.409. The maximum absolute atomic E-state index is 13.0. The van der Waals surface area contributed by atoms with Crippen LogP contribution in [0.15, 0.2) is 53.4 Å². The van der Waals surface area contributed by atoms with Gasteiger partial charge in [-0.15, -0.1) is 0 Å². The third-order valence-corrected chi connectivity index (χ3v) is 6.56. The molecule has 2 aromatic carbocycles. The van der Waals surface area contributed by atoms with Crippen molar-refractivity contribution >= 4 is 22.7 Å². The van der Waals surface area contributed by atoms with Crippen LogP contribution in [0.4, 0.5) is 5.69 Å². The summed E-state index contributed by atoms with van der Waals surface area (Å²) in [5, 5.41) is 0. The lowest BCUT2D eigenvalue weighted by molar-refractivity contribution is -0.122. The van der Waals surface area contributed by atoms with Gasteiger partial charge in [-0.05, 0) is 59.5 Å². The van der Waals surface area contributed by atoms with Gasteiger partial charge in [0.1, 0.15) is 5.75 Å². The first kappa shape index (κ1) is 21.0. The summed E-state index contributed by atoms with van der Waals surface area (Å²) in [6.07, 6.45) is 0.796. The molecule has 2 unspecified atom stereocenters. The fourth-order valence-electron chi connectivity index (χ4n) is 4.26. The van der Waals surface area contributed by atoms with Crippen molar-refractivity contribution in [3.8, 4) is 5.75 Å². The fourth-order valence-corrected chi connectivity index (χ4v) is 4.62. The van der Waals surface area contributed by atoms with Crippen molar-refractivity contribution in [3.63, 3.8) is 0 Å². The summed E-state index contributed by atoms with van der Waals surface area (Å²) in [6.45, 7) is 5.11.